The Morgan fingerprint density at radius 1 is 1.55 bits per heavy atom. The van der Waals surface area contributed by atoms with Crippen molar-refractivity contribution in [2.24, 2.45) is 0 Å². The fourth-order valence-electron chi connectivity index (χ4n) is 1.70. The lowest BCUT2D eigenvalue weighted by Gasteiger charge is -2.03. The van der Waals surface area contributed by atoms with Crippen molar-refractivity contribution in [3.05, 3.63) is 30.3 Å². The van der Waals surface area contributed by atoms with Crippen LogP contribution in [0.1, 0.15) is 23.8 Å². The lowest BCUT2D eigenvalue weighted by molar-refractivity contribution is 0.0685. The summed E-state index contributed by atoms with van der Waals surface area (Å²) in [5.41, 5.74) is -0.0765. The summed E-state index contributed by atoms with van der Waals surface area (Å²) in [6.45, 7) is 2.29. The molecule has 0 aliphatic rings. The van der Waals surface area contributed by atoms with Gasteiger partial charge in [-0.15, -0.1) is 0 Å². The number of sulfonamides is 1. The zero-order chi connectivity index (χ0) is 14.8. The average Bonchev–Trinajstić information content (AvgIpc) is 2.98. The molecule has 0 saturated heterocycles. The predicted molar refractivity (Wildman–Crippen MR) is 69.0 cm³/mol. The molecule has 2 aromatic rings. The van der Waals surface area contributed by atoms with Crippen LogP contribution in [-0.2, 0) is 16.6 Å². The van der Waals surface area contributed by atoms with E-state index in [4.69, 9.17) is 5.11 Å². The number of carbonyl (C=O) groups is 1. The van der Waals surface area contributed by atoms with Gasteiger partial charge in [0, 0.05) is 18.8 Å². The highest BCUT2D eigenvalue weighted by molar-refractivity contribution is 7.92. The van der Waals surface area contributed by atoms with Crippen LogP contribution in [0.5, 0.6) is 0 Å². The first-order valence-electron chi connectivity index (χ1n) is 5.80. The molecule has 0 saturated carbocycles. The summed E-state index contributed by atoms with van der Waals surface area (Å²) in [7, 11) is -3.89. The Morgan fingerprint density at radius 3 is 2.85 bits per heavy atom. The molecule has 9 heteroatoms. The predicted octanol–water partition coefficient (Wildman–Crippen LogP) is 1.39. The van der Waals surface area contributed by atoms with Crippen molar-refractivity contribution in [3.63, 3.8) is 0 Å². The molecule has 2 rings (SSSR count). The molecule has 0 atom stereocenters. The van der Waals surface area contributed by atoms with Gasteiger partial charge in [0.25, 0.3) is 10.0 Å². The normalized spacial score (nSPS) is 11.4. The minimum absolute atomic E-state index is 0.0325. The SMILES string of the molecule is CCCn1cc(S(=O)(=O)Nc2ccon2)cc1C(=O)O. The summed E-state index contributed by atoms with van der Waals surface area (Å²) in [5.74, 6) is -1.15. The van der Waals surface area contributed by atoms with Gasteiger partial charge in [0.2, 0.25) is 0 Å². The Kier molecular flexibility index (Phi) is 3.79. The van der Waals surface area contributed by atoms with Crippen LogP contribution in [0.15, 0.2) is 34.0 Å². The Labute approximate surface area is 115 Å². The minimum atomic E-state index is -3.89. The Bertz CT molecular complexity index is 703. The van der Waals surface area contributed by atoms with E-state index in [1.807, 2.05) is 6.92 Å². The topological polar surface area (TPSA) is 114 Å². The number of carboxylic acid groups (broad SMARTS) is 1. The molecule has 0 spiro atoms. The molecule has 0 bridgehead atoms. The first-order chi connectivity index (χ1) is 9.44. The number of hydrogen-bond acceptors (Lipinski definition) is 5. The highest BCUT2D eigenvalue weighted by Crippen LogP contribution is 2.18. The highest BCUT2D eigenvalue weighted by Gasteiger charge is 2.22. The molecule has 0 aliphatic heterocycles. The summed E-state index contributed by atoms with van der Waals surface area (Å²) in [6, 6.07) is 2.46. The quantitative estimate of drug-likeness (QED) is 0.833. The number of nitrogens with one attached hydrogen (secondary N) is 1. The summed E-state index contributed by atoms with van der Waals surface area (Å²) in [6.07, 6.45) is 3.20. The van der Waals surface area contributed by atoms with Crippen molar-refractivity contribution in [2.75, 3.05) is 4.72 Å². The number of carboxylic acids is 1. The first kappa shape index (κ1) is 14.1. The molecule has 0 unspecified atom stereocenters. The molecular weight excluding hydrogens is 286 g/mol. The number of aromatic carboxylic acids is 1. The lowest BCUT2D eigenvalue weighted by atomic mass is 10.4. The molecule has 2 aromatic heterocycles. The summed E-state index contributed by atoms with van der Waals surface area (Å²) < 4.78 is 32.3. The van der Waals surface area contributed by atoms with E-state index in [-0.39, 0.29) is 16.4 Å². The number of nitrogens with zero attached hydrogens (tertiary/aromatic N) is 2. The second-order valence-corrected chi connectivity index (χ2v) is 5.73. The summed E-state index contributed by atoms with van der Waals surface area (Å²) in [5, 5.41) is 12.5. The van der Waals surface area contributed by atoms with Crippen molar-refractivity contribution in [1.29, 1.82) is 0 Å². The van der Waals surface area contributed by atoms with Gasteiger partial charge in [-0.3, -0.25) is 4.72 Å². The Balaban J connectivity index is 2.36. The van der Waals surface area contributed by atoms with Gasteiger partial charge >= 0.3 is 5.97 Å². The van der Waals surface area contributed by atoms with E-state index in [1.54, 1.807) is 0 Å². The van der Waals surface area contributed by atoms with E-state index in [9.17, 15) is 13.2 Å². The van der Waals surface area contributed by atoms with Gasteiger partial charge in [-0.1, -0.05) is 12.1 Å². The van der Waals surface area contributed by atoms with E-state index in [1.165, 1.54) is 23.1 Å². The van der Waals surface area contributed by atoms with Gasteiger partial charge < -0.3 is 14.2 Å². The van der Waals surface area contributed by atoms with E-state index in [2.05, 4.69) is 14.4 Å². The van der Waals surface area contributed by atoms with Gasteiger partial charge in [-0.2, -0.15) is 0 Å². The monoisotopic (exact) mass is 299 g/mol. The third-order valence-electron chi connectivity index (χ3n) is 2.54. The van der Waals surface area contributed by atoms with Gasteiger partial charge in [0.15, 0.2) is 5.82 Å². The van der Waals surface area contributed by atoms with Gasteiger partial charge in [-0.05, 0) is 12.5 Å². The molecule has 0 amide bonds. The van der Waals surface area contributed by atoms with Crippen LogP contribution >= 0.6 is 0 Å². The third kappa shape index (κ3) is 2.82. The van der Waals surface area contributed by atoms with E-state index >= 15 is 0 Å². The number of aromatic nitrogens is 2. The summed E-state index contributed by atoms with van der Waals surface area (Å²) in [4.78, 5) is 11.0. The highest BCUT2D eigenvalue weighted by atomic mass is 32.2. The molecule has 8 nitrogen and oxygen atoms in total. The van der Waals surface area contributed by atoms with E-state index in [0.717, 1.165) is 6.07 Å². The average molecular weight is 299 g/mol. The number of hydrogen-bond donors (Lipinski definition) is 2. The maximum Gasteiger partial charge on any atom is 0.352 e. The first-order valence-corrected chi connectivity index (χ1v) is 7.29. The fraction of sp³-hybridized carbons (Fsp3) is 0.273. The molecule has 2 N–H and O–H groups in total. The molecule has 0 aliphatic carbocycles. The number of anilines is 1. The molecule has 2 heterocycles. The Hall–Kier alpha value is -2.29. The molecule has 0 fully saturated rings. The van der Waals surface area contributed by atoms with Crippen molar-refractivity contribution in [3.8, 4) is 0 Å². The molecule has 0 radical (unpaired) electrons. The smallest absolute Gasteiger partial charge is 0.352 e. The minimum Gasteiger partial charge on any atom is -0.477 e. The van der Waals surface area contributed by atoms with E-state index in [0.29, 0.717) is 13.0 Å². The van der Waals surface area contributed by atoms with Crippen LogP contribution < -0.4 is 4.72 Å². The number of aryl methyl sites for hydroxylation is 1. The molecular formula is C11H13N3O5S. The standard InChI is InChI=1S/C11H13N3O5S/c1-2-4-14-7-8(6-9(14)11(15)16)20(17,18)13-10-3-5-19-12-10/h3,5-7H,2,4H2,1H3,(H,12,13)(H,15,16). The van der Waals surface area contributed by atoms with Crippen molar-refractivity contribution in [2.45, 2.75) is 24.8 Å². The second kappa shape index (κ2) is 5.37. The molecule has 0 aromatic carbocycles. The number of rotatable bonds is 6. The van der Waals surface area contributed by atoms with Crippen LogP contribution in [-0.4, -0.2) is 29.2 Å². The van der Waals surface area contributed by atoms with Gasteiger partial charge in [-0.25, -0.2) is 13.2 Å². The van der Waals surface area contributed by atoms with Gasteiger partial charge in [0.05, 0.1) is 0 Å². The van der Waals surface area contributed by atoms with Crippen molar-refractivity contribution >= 4 is 21.8 Å². The van der Waals surface area contributed by atoms with Crippen LogP contribution in [0.2, 0.25) is 0 Å². The zero-order valence-corrected chi connectivity index (χ0v) is 11.4. The largest absolute Gasteiger partial charge is 0.477 e. The van der Waals surface area contributed by atoms with Crippen LogP contribution in [0, 0.1) is 0 Å². The van der Waals surface area contributed by atoms with Crippen molar-refractivity contribution < 1.29 is 22.8 Å². The van der Waals surface area contributed by atoms with Crippen LogP contribution in [0.4, 0.5) is 5.82 Å². The van der Waals surface area contributed by atoms with Crippen molar-refractivity contribution in [1.82, 2.24) is 9.72 Å². The van der Waals surface area contributed by atoms with Crippen LogP contribution in [0.3, 0.4) is 0 Å². The zero-order valence-electron chi connectivity index (χ0n) is 10.6. The molecule has 20 heavy (non-hydrogen) atoms. The Morgan fingerprint density at radius 2 is 2.30 bits per heavy atom. The third-order valence-corrected chi connectivity index (χ3v) is 3.86. The van der Waals surface area contributed by atoms with Crippen LogP contribution in [0.25, 0.3) is 0 Å². The maximum atomic E-state index is 12.1. The van der Waals surface area contributed by atoms with E-state index < -0.39 is 16.0 Å². The fourth-order valence-corrected chi connectivity index (χ4v) is 2.73. The van der Waals surface area contributed by atoms with Gasteiger partial charge in [0.1, 0.15) is 16.9 Å². The second-order valence-electron chi connectivity index (χ2n) is 4.05. The maximum absolute atomic E-state index is 12.1. The summed E-state index contributed by atoms with van der Waals surface area (Å²) >= 11 is 0. The molecule has 108 valence electrons. The lowest BCUT2D eigenvalue weighted by Crippen LogP contribution is -2.12.